The summed E-state index contributed by atoms with van der Waals surface area (Å²) in [5, 5.41) is 7.07. The maximum absolute atomic E-state index is 12.4. The van der Waals surface area contributed by atoms with Gasteiger partial charge in [0.05, 0.1) is 0 Å². The number of hydrogen-bond acceptors (Lipinski definition) is 6. The summed E-state index contributed by atoms with van der Waals surface area (Å²) in [5.74, 6) is -1.24. The van der Waals surface area contributed by atoms with E-state index in [-0.39, 0.29) is 0 Å². The van der Waals surface area contributed by atoms with Crippen molar-refractivity contribution >= 4 is 35.6 Å². The Morgan fingerprint density at radius 2 is 1.96 bits per heavy atom. The summed E-state index contributed by atoms with van der Waals surface area (Å²) in [6.45, 7) is 3.33. The Bertz CT molecular complexity index is 681. The molecular weight excluding hydrogens is 370 g/mol. The number of amides is 4. The zero-order chi connectivity index (χ0) is 20.2. The van der Waals surface area contributed by atoms with Gasteiger partial charge in [0, 0.05) is 12.1 Å². The van der Waals surface area contributed by atoms with E-state index in [0.29, 0.717) is 24.3 Å². The van der Waals surface area contributed by atoms with Gasteiger partial charge >= 0.3 is 12.0 Å². The minimum atomic E-state index is -0.886. The maximum Gasteiger partial charge on any atom is 0.329 e. The molecule has 3 N–H and O–H groups in total. The summed E-state index contributed by atoms with van der Waals surface area (Å²) < 4.78 is 4.95. The second-order valence-electron chi connectivity index (χ2n) is 5.69. The molecule has 0 fully saturated rings. The third kappa shape index (κ3) is 8.59. The SMILES string of the molecule is CCNC(=O)NC(=O)COC(=O)[C@@H](CCSC)NC(=O)c1cccc(C)c1. The van der Waals surface area contributed by atoms with Gasteiger partial charge in [-0.3, -0.25) is 14.9 Å². The predicted octanol–water partition coefficient (Wildman–Crippen LogP) is 1.24. The molecule has 0 aliphatic heterocycles. The highest BCUT2D eigenvalue weighted by atomic mass is 32.2. The van der Waals surface area contributed by atoms with Crippen molar-refractivity contribution in [2.45, 2.75) is 26.3 Å². The van der Waals surface area contributed by atoms with Crippen molar-refractivity contribution in [1.29, 1.82) is 0 Å². The van der Waals surface area contributed by atoms with E-state index in [9.17, 15) is 19.2 Å². The Kier molecular flexibility index (Phi) is 9.95. The van der Waals surface area contributed by atoms with Crippen LogP contribution in [-0.2, 0) is 14.3 Å². The molecule has 0 aliphatic carbocycles. The molecule has 1 aromatic carbocycles. The molecule has 27 heavy (non-hydrogen) atoms. The van der Waals surface area contributed by atoms with Gasteiger partial charge in [-0.25, -0.2) is 9.59 Å². The van der Waals surface area contributed by atoms with Crippen LogP contribution in [0.3, 0.4) is 0 Å². The largest absolute Gasteiger partial charge is 0.454 e. The van der Waals surface area contributed by atoms with Gasteiger partial charge in [-0.05, 0) is 44.4 Å². The van der Waals surface area contributed by atoms with Crippen molar-refractivity contribution < 1.29 is 23.9 Å². The molecule has 0 aromatic heterocycles. The second-order valence-corrected chi connectivity index (χ2v) is 6.68. The van der Waals surface area contributed by atoms with E-state index < -0.39 is 36.5 Å². The first-order valence-electron chi connectivity index (χ1n) is 8.48. The van der Waals surface area contributed by atoms with Crippen molar-refractivity contribution in [3.63, 3.8) is 0 Å². The maximum atomic E-state index is 12.4. The Balaban J connectivity index is 2.64. The van der Waals surface area contributed by atoms with Gasteiger partial charge in [0.25, 0.3) is 11.8 Å². The zero-order valence-electron chi connectivity index (χ0n) is 15.7. The number of nitrogens with one attached hydrogen (secondary N) is 3. The summed E-state index contributed by atoms with van der Waals surface area (Å²) in [5.41, 5.74) is 1.36. The number of carbonyl (C=O) groups excluding carboxylic acids is 4. The molecule has 148 valence electrons. The number of urea groups is 1. The first-order chi connectivity index (χ1) is 12.9. The first kappa shape index (κ1) is 22.5. The predicted molar refractivity (Wildman–Crippen MR) is 104 cm³/mol. The molecule has 8 nitrogen and oxygen atoms in total. The monoisotopic (exact) mass is 395 g/mol. The second kappa shape index (κ2) is 11.9. The van der Waals surface area contributed by atoms with Crippen molar-refractivity contribution in [3.05, 3.63) is 35.4 Å². The fourth-order valence-corrected chi connectivity index (χ4v) is 2.59. The molecule has 1 atom stereocenters. The van der Waals surface area contributed by atoms with E-state index in [4.69, 9.17) is 4.74 Å². The van der Waals surface area contributed by atoms with Crippen LogP contribution < -0.4 is 16.0 Å². The minimum Gasteiger partial charge on any atom is -0.454 e. The van der Waals surface area contributed by atoms with Crippen LogP contribution in [0.5, 0.6) is 0 Å². The number of imide groups is 1. The fraction of sp³-hybridized carbons (Fsp3) is 0.444. The minimum absolute atomic E-state index is 0.357. The molecule has 0 radical (unpaired) electrons. The number of aryl methyl sites for hydroxylation is 1. The van der Waals surface area contributed by atoms with Crippen LogP contribution in [-0.4, -0.2) is 55.0 Å². The first-order valence-corrected chi connectivity index (χ1v) is 9.87. The van der Waals surface area contributed by atoms with Gasteiger partial charge in [0.1, 0.15) is 6.04 Å². The normalized spacial score (nSPS) is 11.2. The fourth-order valence-electron chi connectivity index (χ4n) is 2.12. The number of rotatable bonds is 9. The highest BCUT2D eigenvalue weighted by molar-refractivity contribution is 7.98. The lowest BCUT2D eigenvalue weighted by Crippen LogP contribution is -2.45. The third-order valence-corrected chi connectivity index (χ3v) is 4.06. The summed E-state index contributed by atoms with van der Waals surface area (Å²) in [6, 6.07) is 5.44. The molecule has 0 saturated heterocycles. The molecule has 1 aromatic rings. The molecule has 4 amide bonds. The molecule has 0 heterocycles. The molecule has 9 heteroatoms. The zero-order valence-corrected chi connectivity index (χ0v) is 16.5. The van der Waals surface area contributed by atoms with Crippen LogP contribution in [0.25, 0.3) is 0 Å². The van der Waals surface area contributed by atoms with E-state index in [1.54, 1.807) is 25.1 Å². The molecule has 0 bridgehead atoms. The number of esters is 1. The highest BCUT2D eigenvalue weighted by Gasteiger charge is 2.23. The number of hydrogen-bond donors (Lipinski definition) is 3. The molecule has 0 aliphatic rings. The Labute approximate surface area is 162 Å². The topological polar surface area (TPSA) is 114 Å². The number of benzene rings is 1. The highest BCUT2D eigenvalue weighted by Crippen LogP contribution is 2.07. The summed E-state index contributed by atoms with van der Waals surface area (Å²) in [6.07, 6.45) is 2.24. The Morgan fingerprint density at radius 3 is 2.59 bits per heavy atom. The van der Waals surface area contributed by atoms with E-state index in [1.165, 1.54) is 11.8 Å². The quantitative estimate of drug-likeness (QED) is 0.542. The molecular formula is C18H25N3O5S. The number of carbonyl (C=O) groups is 4. The van der Waals surface area contributed by atoms with Gasteiger partial charge in [0.15, 0.2) is 6.61 Å². The van der Waals surface area contributed by atoms with E-state index in [1.807, 2.05) is 24.6 Å². The molecule has 0 unspecified atom stereocenters. The lowest BCUT2D eigenvalue weighted by Gasteiger charge is -2.17. The van der Waals surface area contributed by atoms with Gasteiger partial charge in [-0.2, -0.15) is 11.8 Å². The van der Waals surface area contributed by atoms with Crippen LogP contribution in [0, 0.1) is 6.92 Å². The van der Waals surface area contributed by atoms with Crippen LogP contribution in [0.4, 0.5) is 4.79 Å². The number of ether oxygens (including phenoxy) is 1. The van der Waals surface area contributed by atoms with Gasteiger partial charge in [-0.1, -0.05) is 17.7 Å². The molecule has 0 saturated carbocycles. The lowest BCUT2D eigenvalue weighted by molar-refractivity contribution is -0.150. The van der Waals surface area contributed by atoms with Gasteiger partial charge in [0.2, 0.25) is 0 Å². The van der Waals surface area contributed by atoms with Gasteiger partial charge in [-0.15, -0.1) is 0 Å². The molecule has 1 rings (SSSR count). The lowest BCUT2D eigenvalue weighted by atomic mass is 10.1. The standard InChI is InChI=1S/C18H25N3O5S/c1-4-19-18(25)21-15(22)11-26-17(24)14(8-9-27-3)20-16(23)13-7-5-6-12(2)10-13/h5-7,10,14H,4,8-9,11H2,1-3H3,(H,20,23)(H2,19,21,22,25)/t14-/m1/s1. The van der Waals surface area contributed by atoms with Crippen LogP contribution in [0.2, 0.25) is 0 Å². The summed E-state index contributed by atoms with van der Waals surface area (Å²) >= 11 is 1.52. The smallest absolute Gasteiger partial charge is 0.329 e. The average molecular weight is 395 g/mol. The third-order valence-electron chi connectivity index (χ3n) is 3.42. The van der Waals surface area contributed by atoms with Crippen molar-refractivity contribution in [1.82, 2.24) is 16.0 Å². The van der Waals surface area contributed by atoms with E-state index >= 15 is 0 Å². The van der Waals surface area contributed by atoms with Crippen LogP contribution in [0.1, 0.15) is 29.3 Å². The van der Waals surface area contributed by atoms with E-state index in [0.717, 1.165) is 5.56 Å². The van der Waals surface area contributed by atoms with Crippen molar-refractivity contribution in [3.8, 4) is 0 Å². The van der Waals surface area contributed by atoms with E-state index in [2.05, 4.69) is 10.6 Å². The van der Waals surface area contributed by atoms with Crippen molar-refractivity contribution in [2.75, 3.05) is 25.2 Å². The van der Waals surface area contributed by atoms with Crippen molar-refractivity contribution in [2.24, 2.45) is 0 Å². The Morgan fingerprint density at radius 1 is 1.22 bits per heavy atom. The number of thioether (sulfide) groups is 1. The van der Waals surface area contributed by atoms with Crippen LogP contribution >= 0.6 is 11.8 Å². The summed E-state index contributed by atoms with van der Waals surface area (Å²) in [4.78, 5) is 47.5. The average Bonchev–Trinajstić information content (AvgIpc) is 2.63. The van der Waals surface area contributed by atoms with Gasteiger partial charge < -0.3 is 15.4 Å². The Hall–Kier alpha value is -2.55. The molecule has 0 spiro atoms. The summed E-state index contributed by atoms with van der Waals surface area (Å²) in [7, 11) is 0. The van der Waals surface area contributed by atoms with Crippen LogP contribution in [0.15, 0.2) is 24.3 Å².